The highest BCUT2D eigenvalue weighted by Gasteiger charge is 2.12. The van der Waals surface area contributed by atoms with Crippen LogP contribution in [0.4, 0.5) is 0 Å². The van der Waals surface area contributed by atoms with Crippen LogP contribution >= 0.6 is 0 Å². The average molecular weight is 321 g/mol. The van der Waals surface area contributed by atoms with E-state index in [0.29, 0.717) is 25.0 Å². The molecule has 130 valence electrons. The van der Waals surface area contributed by atoms with Crippen molar-refractivity contribution in [1.82, 2.24) is 10.4 Å². The normalized spacial score (nSPS) is 12.0. The summed E-state index contributed by atoms with van der Waals surface area (Å²) in [5.74, 6) is 1.88. The summed E-state index contributed by atoms with van der Waals surface area (Å²) in [6, 6.07) is 8.14. The van der Waals surface area contributed by atoms with E-state index in [-0.39, 0.29) is 0 Å². The van der Waals surface area contributed by atoms with Crippen LogP contribution in [0, 0.1) is 18.3 Å². The molecule has 5 nitrogen and oxygen atoms in total. The van der Waals surface area contributed by atoms with Crippen LogP contribution in [0.2, 0.25) is 0 Å². The average Bonchev–Trinajstić information content (AvgIpc) is 2.55. The second kappa shape index (κ2) is 11.0. The van der Waals surface area contributed by atoms with Gasteiger partial charge in [-0.15, -0.1) is 0 Å². The summed E-state index contributed by atoms with van der Waals surface area (Å²) in [4.78, 5) is 7.19. The number of ether oxygens (including phenoxy) is 1. The lowest BCUT2D eigenvalue weighted by molar-refractivity contribution is 0.0823. The van der Waals surface area contributed by atoms with Gasteiger partial charge in [0, 0.05) is 20.1 Å². The maximum Gasteiger partial charge on any atom is 0.125 e. The van der Waals surface area contributed by atoms with Crippen LogP contribution in [0.5, 0.6) is 5.75 Å². The number of hydrogen-bond acceptors (Lipinski definition) is 4. The Bertz CT molecular complexity index is 448. The smallest absolute Gasteiger partial charge is 0.125 e. The Morgan fingerprint density at radius 1 is 1.26 bits per heavy atom. The largest absolute Gasteiger partial charge is 0.493 e. The molecule has 0 aliphatic heterocycles. The van der Waals surface area contributed by atoms with Gasteiger partial charge >= 0.3 is 0 Å². The monoisotopic (exact) mass is 321 g/mol. The minimum atomic E-state index is 0.296. The molecule has 0 amide bonds. The molecule has 0 aliphatic carbocycles. The number of rotatable bonds is 11. The summed E-state index contributed by atoms with van der Waals surface area (Å²) in [6.45, 7) is 9.13. The molecule has 2 N–H and O–H groups in total. The van der Waals surface area contributed by atoms with Crippen LogP contribution in [-0.4, -0.2) is 44.1 Å². The van der Waals surface area contributed by atoms with Crippen LogP contribution in [0.1, 0.15) is 32.3 Å². The number of nitrogens with zero attached hydrogens (tertiary/aromatic N) is 1. The third kappa shape index (κ3) is 8.00. The molecule has 1 aromatic carbocycles. The summed E-state index contributed by atoms with van der Waals surface area (Å²) in [7, 11) is 1.71. The predicted octanol–water partition coefficient (Wildman–Crippen LogP) is 3.24. The molecule has 1 aromatic rings. The molecule has 0 saturated carbocycles. The van der Waals surface area contributed by atoms with Gasteiger partial charge in [-0.3, -0.25) is 10.2 Å². The fraction of sp³-hybridized carbons (Fsp3) is 0.611. The molecule has 0 aromatic heterocycles. The number of hydrogen-bond donors (Lipinski definition) is 2. The Labute approximate surface area is 140 Å². The molecular formula is C18H31N3O2. The fourth-order valence-corrected chi connectivity index (χ4v) is 2.22. The maximum absolute atomic E-state index is 8.08. The number of benzene rings is 1. The first-order chi connectivity index (χ1) is 11.1. The van der Waals surface area contributed by atoms with E-state index in [1.807, 2.05) is 12.1 Å². The highest BCUT2D eigenvalue weighted by atomic mass is 16.6. The van der Waals surface area contributed by atoms with Crippen molar-refractivity contribution in [3.8, 4) is 5.75 Å². The molecule has 5 heteroatoms. The maximum atomic E-state index is 8.08. The minimum absolute atomic E-state index is 0.296. The molecule has 0 heterocycles. The van der Waals surface area contributed by atoms with Crippen LogP contribution in [-0.2, 0) is 4.84 Å². The first-order valence-corrected chi connectivity index (χ1v) is 8.37. The first kappa shape index (κ1) is 19.5. The summed E-state index contributed by atoms with van der Waals surface area (Å²) in [5, 5.41) is 8.08. The molecule has 1 rings (SSSR count). The van der Waals surface area contributed by atoms with Crippen molar-refractivity contribution in [3.63, 3.8) is 0 Å². The summed E-state index contributed by atoms with van der Waals surface area (Å²) in [5.41, 5.74) is 3.85. The number of nitrogens with one attached hydrogen (secondary N) is 2. The van der Waals surface area contributed by atoms with Gasteiger partial charge in [-0.05, 0) is 37.8 Å². The van der Waals surface area contributed by atoms with Gasteiger partial charge in [0.1, 0.15) is 18.2 Å². The summed E-state index contributed by atoms with van der Waals surface area (Å²) in [6.07, 6.45) is 2.02. The molecule has 1 unspecified atom stereocenters. The van der Waals surface area contributed by atoms with E-state index in [1.165, 1.54) is 5.56 Å². The van der Waals surface area contributed by atoms with Gasteiger partial charge in [-0.25, -0.2) is 5.48 Å². The highest BCUT2D eigenvalue weighted by molar-refractivity contribution is 5.80. The van der Waals surface area contributed by atoms with Crippen molar-refractivity contribution in [1.29, 1.82) is 5.41 Å². The predicted molar refractivity (Wildman–Crippen MR) is 95.1 cm³/mol. The Balaban J connectivity index is 2.34. The second-order valence-corrected chi connectivity index (χ2v) is 5.94. The van der Waals surface area contributed by atoms with Crippen LogP contribution in [0.25, 0.3) is 0 Å². The van der Waals surface area contributed by atoms with Gasteiger partial charge in [-0.2, -0.15) is 0 Å². The van der Waals surface area contributed by atoms with Gasteiger partial charge in [-0.1, -0.05) is 31.5 Å². The Hall–Kier alpha value is -1.59. The van der Waals surface area contributed by atoms with Crippen LogP contribution < -0.4 is 10.2 Å². The van der Waals surface area contributed by atoms with E-state index in [4.69, 9.17) is 15.0 Å². The van der Waals surface area contributed by atoms with Gasteiger partial charge in [0.2, 0.25) is 0 Å². The van der Waals surface area contributed by atoms with Crippen LogP contribution in [0.3, 0.4) is 0 Å². The zero-order valence-corrected chi connectivity index (χ0v) is 14.9. The third-order valence-electron chi connectivity index (χ3n) is 3.68. The molecule has 0 aliphatic rings. The molecular weight excluding hydrogens is 290 g/mol. The van der Waals surface area contributed by atoms with Crippen molar-refractivity contribution in [2.75, 3.05) is 33.4 Å². The third-order valence-corrected chi connectivity index (χ3v) is 3.68. The lowest BCUT2D eigenvalue weighted by atomic mass is 10.1. The van der Waals surface area contributed by atoms with Crippen molar-refractivity contribution in [3.05, 3.63) is 29.8 Å². The van der Waals surface area contributed by atoms with Crippen molar-refractivity contribution in [2.45, 2.75) is 33.6 Å². The minimum Gasteiger partial charge on any atom is -0.493 e. The standard InChI is InChI=1S/C18H31N3O2/c1-5-11-21(18(19)14-23-20-4)12-10-16(3)13-22-17-8-6-15(2)7-9-17/h6-9,16,19-20H,5,10-14H2,1-4H3. The molecule has 1 atom stereocenters. The molecule has 0 fully saturated rings. The van der Waals surface area contributed by atoms with E-state index in [0.717, 1.165) is 31.7 Å². The van der Waals surface area contributed by atoms with Crippen LogP contribution in [0.15, 0.2) is 24.3 Å². The van der Waals surface area contributed by atoms with Gasteiger partial charge < -0.3 is 9.64 Å². The Morgan fingerprint density at radius 2 is 1.96 bits per heavy atom. The van der Waals surface area contributed by atoms with Gasteiger partial charge in [0.05, 0.1) is 6.61 Å². The van der Waals surface area contributed by atoms with Crippen molar-refractivity contribution in [2.24, 2.45) is 5.92 Å². The second-order valence-electron chi connectivity index (χ2n) is 5.94. The summed E-state index contributed by atoms with van der Waals surface area (Å²) < 4.78 is 5.83. The topological polar surface area (TPSA) is 57.6 Å². The molecule has 0 bridgehead atoms. The zero-order chi connectivity index (χ0) is 17.1. The van der Waals surface area contributed by atoms with Crippen molar-refractivity contribution < 1.29 is 9.57 Å². The number of hydroxylamine groups is 1. The van der Waals surface area contributed by atoms with E-state index in [1.54, 1.807) is 7.05 Å². The van der Waals surface area contributed by atoms with E-state index in [2.05, 4.69) is 43.3 Å². The van der Waals surface area contributed by atoms with Gasteiger partial charge in [0.25, 0.3) is 0 Å². The molecule has 0 radical (unpaired) electrons. The molecule has 23 heavy (non-hydrogen) atoms. The quantitative estimate of drug-likeness (QED) is 0.373. The Kier molecular flexibility index (Phi) is 9.33. The van der Waals surface area contributed by atoms with E-state index in [9.17, 15) is 0 Å². The van der Waals surface area contributed by atoms with Gasteiger partial charge in [0.15, 0.2) is 0 Å². The molecule has 0 spiro atoms. The lowest BCUT2D eigenvalue weighted by Crippen LogP contribution is -2.37. The SMILES string of the molecule is CCCN(CCC(C)COc1ccc(C)cc1)C(=N)CONC. The number of amidine groups is 1. The van der Waals surface area contributed by atoms with E-state index >= 15 is 0 Å². The van der Waals surface area contributed by atoms with Crippen molar-refractivity contribution >= 4 is 5.84 Å². The first-order valence-electron chi connectivity index (χ1n) is 8.37. The Morgan fingerprint density at radius 3 is 2.57 bits per heavy atom. The van der Waals surface area contributed by atoms with E-state index < -0.39 is 0 Å². The zero-order valence-electron chi connectivity index (χ0n) is 14.9. The highest BCUT2D eigenvalue weighted by Crippen LogP contribution is 2.14. The lowest BCUT2D eigenvalue weighted by Gasteiger charge is -2.26. The fourth-order valence-electron chi connectivity index (χ4n) is 2.22. The number of aryl methyl sites for hydroxylation is 1. The summed E-state index contributed by atoms with van der Waals surface area (Å²) >= 11 is 0. The molecule has 0 saturated heterocycles.